The molecule has 0 bridgehead atoms. The fraction of sp³-hybridized carbons (Fsp3) is 0.393. The molecule has 1 N–H and O–H groups in total. The molecule has 182 valence electrons. The van der Waals surface area contributed by atoms with Crippen LogP contribution in [0.2, 0.25) is 0 Å². The Hall–Kier alpha value is -3.25. The van der Waals surface area contributed by atoms with Crippen molar-refractivity contribution in [2.24, 2.45) is 0 Å². The van der Waals surface area contributed by atoms with Crippen LogP contribution in [0.15, 0.2) is 65.1 Å². The first kappa shape index (κ1) is 25.4. The van der Waals surface area contributed by atoms with Crippen molar-refractivity contribution in [3.05, 3.63) is 83.3 Å². The number of rotatable bonds is 14. The number of nitrogens with one attached hydrogen (secondary N) is 1. The molecular formula is C28H36N2O4. The lowest BCUT2D eigenvalue weighted by atomic mass is 10.1. The number of nitrogens with zero attached hydrogens (tertiary/aromatic N) is 1. The van der Waals surface area contributed by atoms with E-state index >= 15 is 0 Å². The van der Waals surface area contributed by atoms with Crippen LogP contribution in [0.4, 0.5) is 0 Å². The summed E-state index contributed by atoms with van der Waals surface area (Å²) in [5, 5.41) is 2.96. The molecule has 2 aromatic carbocycles. The molecule has 1 aromatic heterocycles. The molecule has 1 heterocycles. The maximum Gasteiger partial charge on any atom is 0.286 e. The topological polar surface area (TPSA) is 63.9 Å². The molecule has 0 aliphatic carbocycles. The van der Waals surface area contributed by atoms with Crippen LogP contribution in [-0.4, -0.2) is 31.6 Å². The van der Waals surface area contributed by atoms with Gasteiger partial charge < -0.3 is 19.2 Å². The summed E-state index contributed by atoms with van der Waals surface area (Å²) in [6.45, 7) is 4.86. The molecule has 34 heavy (non-hydrogen) atoms. The van der Waals surface area contributed by atoms with Crippen LogP contribution < -0.4 is 14.8 Å². The first-order valence-corrected chi connectivity index (χ1v) is 12.0. The summed E-state index contributed by atoms with van der Waals surface area (Å²) >= 11 is 0. The molecule has 3 rings (SSSR count). The second kappa shape index (κ2) is 13.5. The Morgan fingerprint density at radius 3 is 2.35 bits per heavy atom. The Kier molecular flexibility index (Phi) is 10.0. The highest BCUT2D eigenvalue weighted by Crippen LogP contribution is 2.28. The van der Waals surface area contributed by atoms with Crippen molar-refractivity contribution in [1.29, 1.82) is 0 Å². The first-order chi connectivity index (χ1) is 16.6. The molecule has 0 atom stereocenters. The lowest BCUT2D eigenvalue weighted by molar-refractivity contribution is 0.0920. The van der Waals surface area contributed by atoms with E-state index in [2.05, 4.69) is 29.3 Å². The minimum Gasteiger partial charge on any atom is -0.493 e. The predicted octanol–water partition coefficient (Wildman–Crippen LogP) is 5.81. The molecule has 6 heteroatoms. The Bertz CT molecular complexity index is 1020. The second-order valence-electron chi connectivity index (χ2n) is 8.40. The van der Waals surface area contributed by atoms with Crippen LogP contribution in [-0.2, 0) is 19.6 Å². The predicted molar refractivity (Wildman–Crippen MR) is 134 cm³/mol. The summed E-state index contributed by atoms with van der Waals surface area (Å²) in [6.07, 6.45) is 4.49. The summed E-state index contributed by atoms with van der Waals surface area (Å²) in [6, 6.07) is 19.9. The molecule has 0 spiro atoms. The highest BCUT2D eigenvalue weighted by atomic mass is 16.5. The van der Waals surface area contributed by atoms with Crippen LogP contribution in [0.1, 0.15) is 60.0 Å². The van der Waals surface area contributed by atoms with E-state index in [1.54, 1.807) is 20.3 Å². The van der Waals surface area contributed by atoms with Gasteiger partial charge in [-0.25, -0.2) is 0 Å². The van der Waals surface area contributed by atoms with Crippen molar-refractivity contribution >= 4 is 5.91 Å². The number of amides is 1. The molecule has 0 fully saturated rings. The molecule has 3 aromatic rings. The van der Waals surface area contributed by atoms with E-state index in [1.807, 2.05) is 42.5 Å². The number of carbonyl (C=O) groups excluding carboxylic acids is 1. The third-order valence-electron chi connectivity index (χ3n) is 5.68. The van der Waals surface area contributed by atoms with E-state index < -0.39 is 0 Å². The van der Waals surface area contributed by atoms with Gasteiger partial charge in [0.05, 0.1) is 20.8 Å². The molecular weight excluding hydrogens is 428 g/mol. The van der Waals surface area contributed by atoms with Gasteiger partial charge in [-0.1, -0.05) is 62.6 Å². The number of hydrogen-bond acceptors (Lipinski definition) is 5. The van der Waals surface area contributed by atoms with E-state index in [0.29, 0.717) is 36.9 Å². The average molecular weight is 465 g/mol. The zero-order valence-corrected chi connectivity index (χ0v) is 20.5. The lowest BCUT2D eigenvalue weighted by Crippen LogP contribution is -2.24. The van der Waals surface area contributed by atoms with Gasteiger partial charge in [0.1, 0.15) is 5.76 Å². The van der Waals surface area contributed by atoms with Crippen molar-refractivity contribution in [3.63, 3.8) is 0 Å². The van der Waals surface area contributed by atoms with Crippen molar-refractivity contribution in [2.45, 2.75) is 52.2 Å². The van der Waals surface area contributed by atoms with E-state index in [4.69, 9.17) is 13.9 Å². The number of methoxy groups -OCH3 is 2. The van der Waals surface area contributed by atoms with E-state index in [9.17, 15) is 4.79 Å². The van der Waals surface area contributed by atoms with Crippen molar-refractivity contribution < 1.29 is 18.7 Å². The third-order valence-corrected chi connectivity index (χ3v) is 5.68. The van der Waals surface area contributed by atoms with Crippen molar-refractivity contribution in [1.82, 2.24) is 10.2 Å². The zero-order chi connectivity index (χ0) is 24.2. The quantitative estimate of drug-likeness (QED) is 0.305. The first-order valence-electron chi connectivity index (χ1n) is 12.0. The Morgan fingerprint density at radius 2 is 1.62 bits per heavy atom. The lowest BCUT2D eigenvalue weighted by Gasteiger charge is -2.22. The number of benzene rings is 2. The molecule has 6 nitrogen and oxygen atoms in total. The fourth-order valence-electron chi connectivity index (χ4n) is 3.89. The van der Waals surface area contributed by atoms with E-state index in [1.165, 1.54) is 18.4 Å². The minimum atomic E-state index is -0.155. The largest absolute Gasteiger partial charge is 0.493 e. The number of ether oxygens (including phenoxy) is 2. The van der Waals surface area contributed by atoms with Gasteiger partial charge >= 0.3 is 0 Å². The van der Waals surface area contributed by atoms with Gasteiger partial charge in [-0.2, -0.15) is 0 Å². The molecule has 0 saturated carbocycles. The molecule has 0 radical (unpaired) electrons. The normalized spacial score (nSPS) is 10.9. The summed E-state index contributed by atoms with van der Waals surface area (Å²) in [5.74, 6) is 2.37. The van der Waals surface area contributed by atoms with Crippen LogP contribution in [0.25, 0.3) is 0 Å². The number of hydrogen-bond donors (Lipinski definition) is 1. The van der Waals surface area contributed by atoms with E-state index in [-0.39, 0.29) is 5.91 Å². The number of unbranched alkanes of at least 4 members (excludes halogenated alkanes) is 3. The number of furan rings is 1. The van der Waals surface area contributed by atoms with Gasteiger partial charge in [-0.05, 0) is 41.8 Å². The standard InChI is InChI=1S/C28H36N2O4/c1-4-5-6-10-17-29-28(31)26-16-14-24(34-26)21-30(19-22-11-8-7-9-12-22)20-23-13-15-25(32-2)27(18-23)33-3/h7-9,11-16,18H,4-6,10,17,19-21H2,1-3H3,(H,29,31). The summed E-state index contributed by atoms with van der Waals surface area (Å²) < 4.78 is 16.8. The van der Waals surface area contributed by atoms with Gasteiger partial charge in [-0.3, -0.25) is 9.69 Å². The molecule has 0 unspecified atom stereocenters. The van der Waals surface area contributed by atoms with Gasteiger partial charge in [0.2, 0.25) is 0 Å². The zero-order valence-electron chi connectivity index (χ0n) is 20.5. The summed E-state index contributed by atoms with van der Waals surface area (Å²) in [7, 11) is 3.28. The second-order valence-corrected chi connectivity index (χ2v) is 8.40. The van der Waals surface area contributed by atoms with Crippen LogP contribution in [0.3, 0.4) is 0 Å². The van der Waals surface area contributed by atoms with Gasteiger partial charge in [0.15, 0.2) is 17.3 Å². The van der Waals surface area contributed by atoms with Crippen molar-refractivity contribution in [3.8, 4) is 11.5 Å². The van der Waals surface area contributed by atoms with Gasteiger partial charge in [0.25, 0.3) is 5.91 Å². The van der Waals surface area contributed by atoms with E-state index in [0.717, 1.165) is 30.7 Å². The molecule has 0 saturated heterocycles. The van der Waals surface area contributed by atoms with Crippen LogP contribution in [0, 0.1) is 0 Å². The monoisotopic (exact) mass is 464 g/mol. The molecule has 1 amide bonds. The molecule has 0 aliphatic heterocycles. The Labute approximate surface area is 202 Å². The average Bonchev–Trinajstić information content (AvgIpc) is 3.33. The Balaban J connectivity index is 1.68. The minimum absolute atomic E-state index is 0.155. The smallest absolute Gasteiger partial charge is 0.286 e. The maximum atomic E-state index is 12.4. The third kappa shape index (κ3) is 7.66. The van der Waals surface area contributed by atoms with Crippen LogP contribution in [0.5, 0.6) is 11.5 Å². The van der Waals surface area contributed by atoms with Gasteiger partial charge in [-0.15, -0.1) is 0 Å². The van der Waals surface area contributed by atoms with Gasteiger partial charge in [0, 0.05) is 19.6 Å². The molecule has 0 aliphatic rings. The van der Waals surface area contributed by atoms with Crippen LogP contribution >= 0.6 is 0 Å². The maximum absolute atomic E-state index is 12.4. The Morgan fingerprint density at radius 1 is 0.853 bits per heavy atom. The summed E-state index contributed by atoms with van der Waals surface area (Å²) in [4.78, 5) is 14.7. The highest BCUT2D eigenvalue weighted by Gasteiger charge is 2.15. The SMILES string of the molecule is CCCCCCNC(=O)c1ccc(CN(Cc2ccccc2)Cc2ccc(OC)c(OC)c2)o1. The van der Waals surface area contributed by atoms with Crippen molar-refractivity contribution in [2.75, 3.05) is 20.8 Å². The fourth-order valence-corrected chi connectivity index (χ4v) is 3.89. The highest BCUT2D eigenvalue weighted by molar-refractivity contribution is 5.91. The summed E-state index contributed by atoms with van der Waals surface area (Å²) in [5.41, 5.74) is 2.31. The number of carbonyl (C=O) groups is 1.